The number of rotatable bonds is 8. The zero-order chi connectivity index (χ0) is 28.5. The normalized spacial score (nSPS) is 18.1. The predicted octanol–water partition coefficient (Wildman–Crippen LogP) is 3.27. The lowest BCUT2D eigenvalue weighted by Gasteiger charge is -2.34. The van der Waals surface area contributed by atoms with Gasteiger partial charge in [-0.2, -0.15) is 0 Å². The zero-order valence-electron chi connectivity index (χ0n) is 22.4. The quantitative estimate of drug-likeness (QED) is 0.287. The third-order valence-electron chi connectivity index (χ3n) is 7.39. The van der Waals surface area contributed by atoms with E-state index in [1.54, 1.807) is 24.5 Å². The number of amides is 2. The fraction of sp³-hybridized carbons (Fsp3) is 0.321. The van der Waals surface area contributed by atoms with Crippen LogP contribution in [-0.4, -0.2) is 65.2 Å². The van der Waals surface area contributed by atoms with Crippen LogP contribution in [0.25, 0.3) is 11.4 Å². The SMILES string of the molecule is C[C@H]1COCCN1c1cc(C2(S(=O)(=O)c3ccncc3)CC2)nc(-c2ccc(NC(=O)NCc3ncc[nH]3)cc2)n1. The van der Waals surface area contributed by atoms with Crippen LogP contribution in [0.3, 0.4) is 0 Å². The summed E-state index contributed by atoms with van der Waals surface area (Å²) in [4.78, 5) is 35.4. The maximum Gasteiger partial charge on any atom is 0.319 e. The Kier molecular flexibility index (Phi) is 7.14. The summed E-state index contributed by atoms with van der Waals surface area (Å²) < 4.78 is 32.1. The van der Waals surface area contributed by atoms with Crippen molar-refractivity contribution in [1.29, 1.82) is 0 Å². The molecule has 1 aliphatic carbocycles. The van der Waals surface area contributed by atoms with Crippen molar-refractivity contribution in [3.05, 3.63) is 78.8 Å². The summed E-state index contributed by atoms with van der Waals surface area (Å²) in [6.07, 6.45) is 7.24. The summed E-state index contributed by atoms with van der Waals surface area (Å²) in [5.41, 5.74) is 1.77. The fourth-order valence-electron chi connectivity index (χ4n) is 4.97. The minimum atomic E-state index is -3.72. The molecule has 4 aromatic rings. The number of nitrogens with zero attached hydrogens (tertiary/aromatic N) is 5. The molecule has 0 radical (unpaired) electrons. The van der Waals surface area contributed by atoms with Gasteiger partial charge in [0.1, 0.15) is 16.4 Å². The number of aromatic nitrogens is 5. The standard InChI is InChI=1S/C28H30N8O4S/c1-19-18-40-15-14-36(19)25-16-23(28(8-9-28)41(38,39)22-6-10-29-11-7-22)34-26(35-25)20-2-4-21(5-3-20)33-27(37)32-17-24-30-12-13-31-24/h2-7,10-13,16,19H,8-9,14-15,17-18H2,1H3,(H,30,31)(H2,32,33,37)/t19-/m0/s1. The van der Waals surface area contributed by atoms with Gasteiger partial charge in [-0.05, 0) is 56.2 Å². The molecule has 212 valence electrons. The molecule has 41 heavy (non-hydrogen) atoms. The van der Waals surface area contributed by atoms with E-state index >= 15 is 0 Å². The van der Waals surface area contributed by atoms with Crippen LogP contribution in [0.4, 0.5) is 16.3 Å². The van der Waals surface area contributed by atoms with E-state index in [4.69, 9.17) is 14.7 Å². The third-order valence-corrected chi connectivity index (χ3v) is 9.93. The zero-order valence-corrected chi connectivity index (χ0v) is 23.3. The molecule has 0 spiro atoms. The first kappa shape index (κ1) is 26.8. The van der Waals surface area contributed by atoms with Gasteiger partial charge in [0.2, 0.25) is 0 Å². The predicted molar refractivity (Wildman–Crippen MR) is 152 cm³/mol. The van der Waals surface area contributed by atoms with E-state index in [1.807, 2.05) is 18.2 Å². The first-order chi connectivity index (χ1) is 19.9. The van der Waals surface area contributed by atoms with Crippen molar-refractivity contribution in [3.63, 3.8) is 0 Å². The van der Waals surface area contributed by atoms with Crippen molar-refractivity contribution in [3.8, 4) is 11.4 Å². The smallest absolute Gasteiger partial charge is 0.319 e. The van der Waals surface area contributed by atoms with Gasteiger partial charge in [0.25, 0.3) is 0 Å². The number of nitrogens with one attached hydrogen (secondary N) is 3. The van der Waals surface area contributed by atoms with Crippen LogP contribution in [-0.2, 0) is 25.9 Å². The number of pyridine rings is 1. The molecule has 13 heteroatoms. The number of morpholine rings is 1. The van der Waals surface area contributed by atoms with Crippen LogP contribution in [0.5, 0.6) is 0 Å². The highest BCUT2D eigenvalue weighted by Crippen LogP contribution is 2.55. The highest BCUT2D eigenvalue weighted by atomic mass is 32.2. The van der Waals surface area contributed by atoms with Gasteiger partial charge < -0.3 is 25.3 Å². The molecule has 3 N–H and O–H groups in total. The lowest BCUT2D eigenvalue weighted by atomic mass is 10.1. The molecule has 0 bridgehead atoms. The number of sulfone groups is 1. The maximum absolute atomic E-state index is 13.8. The number of imidazole rings is 1. The van der Waals surface area contributed by atoms with Gasteiger partial charge in [0.05, 0.1) is 36.4 Å². The number of anilines is 2. The van der Waals surface area contributed by atoms with Crippen molar-refractivity contribution in [1.82, 2.24) is 30.2 Å². The lowest BCUT2D eigenvalue weighted by molar-refractivity contribution is 0.0985. The van der Waals surface area contributed by atoms with Crippen LogP contribution in [0.15, 0.2) is 72.1 Å². The Morgan fingerprint density at radius 1 is 1.12 bits per heavy atom. The Labute approximate surface area is 237 Å². The molecule has 0 unspecified atom stereocenters. The average molecular weight is 575 g/mol. The molecule has 1 atom stereocenters. The van der Waals surface area contributed by atoms with Crippen LogP contribution < -0.4 is 15.5 Å². The number of aromatic amines is 1. The second kappa shape index (κ2) is 10.9. The summed E-state index contributed by atoms with van der Waals surface area (Å²) in [5, 5.41) is 5.54. The monoisotopic (exact) mass is 574 g/mol. The first-order valence-corrected chi connectivity index (χ1v) is 14.9. The Morgan fingerprint density at radius 2 is 1.90 bits per heavy atom. The summed E-state index contributed by atoms with van der Waals surface area (Å²) in [6.45, 7) is 4.07. The van der Waals surface area contributed by atoms with Crippen molar-refractivity contribution in [2.24, 2.45) is 0 Å². The van der Waals surface area contributed by atoms with Crippen molar-refractivity contribution < 1.29 is 17.9 Å². The Hall–Kier alpha value is -4.36. The van der Waals surface area contributed by atoms with E-state index in [0.29, 0.717) is 67.0 Å². The highest BCUT2D eigenvalue weighted by Gasteiger charge is 2.58. The van der Waals surface area contributed by atoms with Crippen LogP contribution in [0, 0.1) is 0 Å². The Morgan fingerprint density at radius 3 is 2.59 bits per heavy atom. The van der Waals surface area contributed by atoms with E-state index in [0.717, 1.165) is 0 Å². The van der Waals surface area contributed by atoms with Crippen molar-refractivity contribution >= 4 is 27.4 Å². The molecule has 1 aliphatic heterocycles. The van der Waals surface area contributed by atoms with Crippen molar-refractivity contribution in [2.45, 2.75) is 42.0 Å². The van der Waals surface area contributed by atoms with Gasteiger partial charge in [-0.1, -0.05) is 0 Å². The number of benzene rings is 1. The number of hydrogen-bond acceptors (Lipinski definition) is 9. The lowest BCUT2D eigenvalue weighted by Crippen LogP contribution is -2.44. The van der Waals surface area contributed by atoms with Crippen LogP contribution >= 0.6 is 0 Å². The van der Waals surface area contributed by atoms with E-state index < -0.39 is 14.6 Å². The molecule has 1 saturated carbocycles. The van der Waals surface area contributed by atoms with E-state index in [-0.39, 0.29) is 23.5 Å². The molecule has 3 aromatic heterocycles. The van der Waals surface area contributed by atoms with Gasteiger partial charge in [-0.15, -0.1) is 0 Å². The van der Waals surface area contributed by atoms with Gasteiger partial charge in [-0.25, -0.2) is 28.2 Å². The van der Waals surface area contributed by atoms with Crippen molar-refractivity contribution in [2.75, 3.05) is 30.0 Å². The van der Waals surface area contributed by atoms with Gasteiger partial charge in [0, 0.05) is 48.6 Å². The average Bonchev–Trinajstić information content (AvgIpc) is 3.66. The molecular formula is C28H30N8O4S. The molecule has 2 amide bonds. The van der Waals surface area contributed by atoms with E-state index in [2.05, 4.69) is 37.4 Å². The van der Waals surface area contributed by atoms with E-state index in [9.17, 15) is 13.2 Å². The summed E-state index contributed by atoms with van der Waals surface area (Å²) >= 11 is 0. The summed E-state index contributed by atoms with van der Waals surface area (Å²) in [6, 6.07) is 11.7. The van der Waals surface area contributed by atoms with Crippen LogP contribution in [0.2, 0.25) is 0 Å². The largest absolute Gasteiger partial charge is 0.377 e. The Balaban J connectivity index is 1.31. The molecule has 12 nitrogen and oxygen atoms in total. The molecule has 1 aromatic carbocycles. The number of ether oxygens (including phenoxy) is 1. The number of carbonyl (C=O) groups is 1. The van der Waals surface area contributed by atoms with Gasteiger partial charge >= 0.3 is 6.03 Å². The second-order valence-corrected chi connectivity index (χ2v) is 12.4. The topological polar surface area (TPSA) is 155 Å². The number of carbonyl (C=O) groups excluding carboxylic acids is 1. The third kappa shape index (κ3) is 5.37. The minimum absolute atomic E-state index is 0.0672. The molecule has 1 saturated heterocycles. The summed E-state index contributed by atoms with van der Waals surface area (Å²) in [7, 11) is -3.72. The Bertz CT molecular complexity index is 1630. The molecule has 2 aliphatic rings. The summed E-state index contributed by atoms with van der Waals surface area (Å²) in [5.74, 6) is 1.73. The number of urea groups is 1. The highest BCUT2D eigenvalue weighted by molar-refractivity contribution is 7.92. The number of H-pyrrole nitrogens is 1. The molecular weight excluding hydrogens is 544 g/mol. The first-order valence-electron chi connectivity index (χ1n) is 13.4. The maximum atomic E-state index is 13.8. The van der Waals surface area contributed by atoms with E-state index in [1.165, 1.54) is 24.5 Å². The van der Waals surface area contributed by atoms with Gasteiger partial charge in [0.15, 0.2) is 15.7 Å². The molecule has 6 rings (SSSR count). The molecule has 2 fully saturated rings. The van der Waals surface area contributed by atoms with Gasteiger partial charge in [-0.3, -0.25) is 4.98 Å². The minimum Gasteiger partial charge on any atom is -0.377 e. The fourth-order valence-corrected chi connectivity index (χ4v) is 6.92. The number of hydrogen-bond donors (Lipinski definition) is 3. The van der Waals surface area contributed by atoms with Crippen LogP contribution in [0.1, 0.15) is 31.3 Å². The second-order valence-electron chi connectivity index (χ2n) is 10.2. The molecule has 4 heterocycles.